The maximum Gasteiger partial charge on any atom is 0.251 e. The number of benzene rings is 2. The van der Waals surface area contributed by atoms with Gasteiger partial charge in [0.05, 0.1) is 10.9 Å². The van der Waals surface area contributed by atoms with Gasteiger partial charge >= 0.3 is 0 Å². The summed E-state index contributed by atoms with van der Waals surface area (Å²) in [6.45, 7) is 3.94. The molecule has 29 heavy (non-hydrogen) atoms. The van der Waals surface area contributed by atoms with E-state index in [0.717, 1.165) is 18.4 Å². The zero-order valence-electron chi connectivity index (χ0n) is 16.3. The van der Waals surface area contributed by atoms with Crippen LogP contribution in [0.4, 0.5) is 0 Å². The molecule has 4 rings (SSSR count). The van der Waals surface area contributed by atoms with Crippen LogP contribution < -0.4 is 14.8 Å². The highest BCUT2D eigenvalue weighted by Gasteiger charge is 2.27. The van der Waals surface area contributed by atoms with Gasteiger partial charge in [0.15, 0.2) is 11.5 Å². The fourth-order valence-corrected chi connectivity index (χ4v) is 5.13. The number of hydrogen-bond acceptors (Lipinski definition) is 5. The summed E-state index contributed by atoms with van der Waals surface area (Å²) in [6.07, 6.45) is 1.74. The Kier molecular flexibility index (Phi) is 5.47. The Morgan fingerprint density at radius 2 is 1.76 bits per heavy atom. The predicted octanol–water partition coefficient (Wildman–Crippen LogP) is 2.73. The summed E-state index contributed by atoms with van der Waals surface area (Å²) < 4.78 is 38.1. The second-order valence-electron chi connectivity index (χ2n) is 7.24. The van der Waals surface area contributed by atoms with Gasteiger partial charge < -0.3 is 14.8 Å². The Hall–Kier alpha value is -2.58. The number of ether oxygens (including phenoxy) is 2. The van der Waals surface area contributed by atoms with Crippen molar-refractivity contribution in [1.82, 2.24) is 9.62 Å². The number of amides is 1. The van der Waals surface area contributed by atoms with Crippen LogP contribution in [0.2, 0.25) is 0 Å². The minimum Gasteiger partial charge on any atom is -0.486 e. The van der Waals surface area contributed by atoms with Crippen LogP contribution in [-0.4, -0.2) is 44.9 Å². The SMILES string of the molecule is C[C@@H](NC(=O)c1cccc(S(=O)(=O)N2CCCC2)c1)c1ccc2c(c1)OCCO2. The van der Waals surface area contributed by atoms with E-state index >= 15 is 0 Å². The van der Waals surface area contributed by atoms with Crippen molar-refractivity contribution in [2.24, 2.45) is 0 Å². The van der Waals surface area contributed by atoms with Crippen molar-refractivity contribution in [3.8, 4) is 11.5 Å². The Bertz CT molecular complexity index is 1020. The van der Waals surface area contributed by atoms with Gasteiger partial charge in [-0.25, -0.2) is 8.42 Å². The predicted molar refractivity (Wildman–Crippen MR) is 108 cm³/mol. The second kappa shape index (κ2) is 8.04. The third-order valence-electron chi connectivity index (χ3n) is 5.21. The molecule has 2 aromatic carbocycles. The molecule has 0 aliphatic carbocycles. The molecule has 1 N–H and O–H groups in total. The Morgan fingerprint density at radius 3 is 2.52 bits per heavy atom. The summed E-state index contributed by atoms with van der Waals surface area (Å²) in [5.74, 6) is 1.03. The number of fused-ring (bicyclic) bond motifs is 1. The van der Waals surface area contributed by atoms with Gasteiger partial charge in [0.2, 0.25) is 10.0 Å². The number of carbonyl (C=O) groups excluding carboxylic acids is 1. The van der Waals surface area contributed by atoms with Crippen LogP contribution in [0, 0.1) is 0 Å². The van der Waals surface area contributed by atoms with E-state index in [2.05, 4.69) is 5.32 Å². The second-order valence-corrected chi connectivity index (χ2v) is 9.18. The molecule has 2 aromatic rings. The van der Waals surface area contributed by atoms with Crippen molar-refractivity contribution in [3.63, 3.8) is 0 Å². The maximum atomic E-state index is 12.8. The first-order chi connectivity index (χ1) is 13.9. The zero-order chi connectivity index (χ0) is 20.4. The molecule has 7 nitrogen and oxygen atoms in total. The van der Waals surface area contributed by atoms with E-state index < -0.39 is 10.0 Å². The third-order valence-corrected chi connectivity index (χ3v) is 7.11. The molecule has 1 fully saturated rings. The van der Waals surface area contributed by atoms with Gasteiger partial charge in [-0.1, -0.05) is 12.1 Å². The number of sulfonamides is 1. The van der Waals surface area contributed by atoms with Gasteiger partial charge in [0, 0.05) is 18.7 Å². The average Bonchev–Trinajstić information content (AvgIpc) is 3.29. The zero-order valence-corrected chi connectivity index (χ0v) is 17.1. The molecule has 8 heteroatoms. The summed E-state index contributed by atoms with van der Waals surface area (Å²) in [4.78, 5) is 12.9. The lowest BCUT2D eigenvalue weighted by molar-refractivity contribution is 0.0939. The fraction of sp³-hybridized carbons (Fsp3) is 0.381. The highest BCUT2D eigenvalue weighted by Crippen LogP contribution is 2.32. The largest absolute Gasteiger partial charge is 0.486 e. The van der Waals surface area contributed by atoms with Crippen molar-refractivity contribution in [1.29, 1.82) is 0 Å². The fourth-order valence-electron chi connectivity index (χ4n) is 3.57. The number of nitrogens with zero attached hydrogens (tertiary/aromatic N) is 1. The van der Waals surface area contributed by atoms with E-state index in [1.807, 2.05) is 25.1 Å². The number of hydrogen-bond donors (Lipinski definition) is 1. The van der Waals surface area contributed by atoms with Gasteiger partial charge in [0.1, 0.15) is 13.2 Å². The summed E-state index contributed by atoms with van der Waals surface area (Å²) in [7, 11) is -3.56. The van der Waals surface area contributed by atoms with Crippen LogP contribution in [0.15, 0.2) is 47.4 Å². The van der Waals surface area contributed by atoms with E-state index in [9.17, 15) is 13.2 Å². The van der Waals surface area contributed by atoms with Crippen LogP contribution in [0.5, 0.6) is 11.5 Å². The first-order valence-corrected chi connectivity index (χ1v) is 11.2. The van der Waals surface area contributed by atoms with Crippen molar-refractivity contribution < 1.29 is 22.7 Å². The molecule has 1 atom stereocenters. The topological polar surface area (TPSA) is 84.9 Å². The molecule has 0 unspecified atom stereocenters. The molecule has 0 aromatic heterocycles. The quantitative estimate of drug-likeness (QED) is 0.810. The van der Waals surface area contributed by atoms with Crippen molar-refractivity contribution in [3.05, 3.63) is 53.6 Å². The number of carbonyl (C=O) groups is 1. The lowest BCUT2D eigenvalue weighted by Crippen LogP contribution is -2.29. The Labute approximate surface area is 170 Å². The Balaban J connectivity index is 1.50. The van der Waals surface area contributed by atoms with Crippen molar-refractivity contribution in [2.45, 2.75) is 30.7 Å². The molecule has 2 heterocycles. The first kappa shape index (κ1) is 19.7. The van der Waals surface area contributed by atoms with E-state index in [4.69, 9.17) is 9.47 Å². The first-order valence-electron chi connectivity index (χ1n) is 9.76. The molecule has 154 valence electrons. The summed E-state index contributed by atoms with van der Waals surface area (Å²) in [5, 5.41) is 2.92. The van der Waals surface area contributed by atoms with Crippen LogP contribution in [0.1, 0.15) is 41.7 Å². The average molecular weight is 416 g/mol. The summed E-state index contributed by atoms with van der Waals surface area (Å²) in [5.41, 5.74) is 1.19. The molecule has 2 aliphatic rings. The summed E-state index contributed by atoms with van der Waals surface area (Å²) in [6, 6.07) is 11.5. The van der Waals surface area contributed by atoms with Gasteiger partial charge in [-0.15, -0.1) is 0 Å². The molecular formula is C21H24N2O5S. The van der Waals surface area contributed by atoms with Gasteiger partial charge in [-0.05, 0) is 55.7 Å². The molecule has 0 radical (unpaired) electrons. The smallest absolute Gasteiger partial charge is 0.251 e. The number of rotatable bonds is 5. The molecule has 0 spiro atoms. The highest BCUT2D eigenvalue weighted by atomic mass is 32.2. The van der Waals surface area contributed by atoms with Crippen molar-refractivity contribution >= 4 is 15.9 Å². The van der Waals surface area contributed by atoms with Crippen LogP contribution >= 0.6 is 0 Å². The van der Waals surface area contributed by atoms with Gasteiger partial charge in [-0.3, -0.25) is 4.79 Å². The Morgan fingerprint density at radius 1 is 1.03 bits per heavy atom. The standard InChI is InChI=1S/C21H24N2O5S/c1-15(16-7-8-19-20(14-16)28-12-11-27-19)22-21(24)17-5-4-6-18(13-17)29(25,26)23-9-2-3-10-23/h4-8,13-15H,2-3,9-12H2,1H3,(H,22,24)/t15-/m1/s1. The van der Waals surface area contributed by atoms with Crippen LogP contribution in [0.25, 0.3) is 0 Å². The van der Waals surface area contributed by atoms with Crippen LogP contribution in [-0.2, 0) is 10.0 Å². The van der Waals surface area contributed by atoms with E-state index in [-0.39, 0.29) is 16.8 Å². The van der Waals surface area contributed by atoms with E-state index in [0.29, 0.717) is 43.4 Å². The molecule has 0 bridgehead atoms. The molecule has 1 saturated heterocycles. The molecule has 1 amide bonds. The normalized spacial score (nSPS) is 17.7. The van der Waals surface area contributed by atoms with Gasteiger partial charge in [-0.2, -0.15) is 4.31 Å². The van der Waals surface area contributed by atoms with Gasteiger partial charge in [0.25, 0.3) is 5.91 Å². The monoisotopic (exact) mass is 416 g/mol. The lowest BCUT2D eigenvalue weighted by Gasteiger charge is -2.21. The van der Waals surface area contributed by atoms with Crippen molar-refractivity contribution in [2.75, 3.05) is 26.3 Å². The summed E-state index contributed by atoms with van der Waals surface area (Å²) >= 11 is 0. The van der Waals surface area contributed by atoms with E-state index in [1.54, 1.807) is 12.1 Å². The molecular weight excluding hydrogens is 392 g/mol. The lowest BCUT2D eigenvalue weighted by atomic mass is 10.1. The van der Waals surface area contributed by atoms with E-state index in [1.165, 1.54) is 16.4 Å². The molecule has 0 saturated carbocycles. The maximum absolute atomic E-state index is 12.8. The minimum atomic E-state index is -3.56. The molecule has 2 aliphatic heterocycles. The highest BCUT2D eigenvalue weighted by molar-refractivity contribution is 7.89. The minimum absolute atomic E-state index is 0.152. The van der Waals surface area contributed by atoms with Crippen LogP contribution in [0.3, 0.4) is 0 Å². The third kappa shape index (κ3) is 4.09. The number of nitrogens with one attached hydrogen (secondary N) is 1.